The molecule has 17 heavy (non-hydrogen) atoms. The Labute approximate surface area is 99.0 Å². The third-order valence-corrected chi connectivity index (χ3v) is 2.95. The number of ether oxygens (including phenoxy) is 1. The van der Waals surface area contributed by atoms with E-state index < -0.39 is 0 Å². The highest BCUT2D eigenvalue weighted by atomic mass is 16.5. The van der Waals surface area contributed by atoms with Crippen LogP contribution in [0.4, 0.5) is 0 Å². The molecule has 0 radical (unpaired) electrons. The minimum absolute atomic E-state index is 0.0990. The van der Waals surface area contributed by atoms with Gasteiger partial charge in [-0.1, -0.05) is 0 Å². The Balaban J connectivity index is 2.10. The van der Waals surface area contributed by atoms with E-state index in [4.69, 9.17) is 4.74 Å². The Morgan fingerprint density at radius 2 is 2.29 bits per heavy atom. The summed E-state index contributed by atoms with van der Waals surface area (Å²) in [6.45, 7) is 6.23. The minimum atomic E-state index is 0.0990. The van der Waals surface area contributed by atoms with Crippen molar-refractivity contribution in [1.29, 1.82) is 0 Å². The highest BCUT2D eigenvalue weighted by Gasteiger charge is 2.22. The first-order chi connectivity index (χ1) is 8.25. The van der Waals surface area contributed by atoms with Crippen LogP contribution >= 0.6 is 0 Å². The summed E-state index contributed by atoms with van der Waals surface area (Å²) in [4.78, 5) is 4.37. The highest BCUT2D eigenvalue weighted by molar-refractivity contribution is 5.33. The fourth-order valence-corrected chi connectivity index (χ4v) is 2.21. The summed E-state index contributed by atoms with van der Waals surface area (Å²) in [6.07, 6.45) is 0. The second-order valence-corrected chi connectivity index (χ2v) is 4.31. The Morgan fingerprint density at radius 3 is 3.06 bits per heavy atom. The molecule has 90 valence electrons. The average Bonchev–Trinajstić information content (AvgIpc) is 2.74. The Kier molecular flexibility index (Phi) is 2.53. The van der Waals surface area contributed by atoms with Crippen LogP contribution in [0.1, 0.15) is 23.3 Å². The van der Waals surface area contributed by atoms with Crippen molar-refractivity contribution in [3.8, 4) is 0 Å². The van der Waals surface area contributed by atoms with Crippen molar-refractivity contribution in [2.75, 3.05) is 19.8 Å². The molecule has 0 amide bonds. The molecule has 0 aromatic carbocycles. The molecule has 6 heteroatoms. The second-order valence-electron chi connectivity index (χ2n) is 4.31. The fourth-order valence-electron chi connectivity index (χ4n) is 2.21. The van der Waals surface area contributed by atoms with Gasteiger partial charge in [0.05, 0.1) is 19.3 Å². The maximum atomic E-state index is 5.45. The summed E-state index contributed by atoms with van der Waals surface area (Å²) < 4.78 is 7.44. The molecule has 1 atom stereocenters. The molecule has 1 unspecified atom stereocenters. The molecule has 2 aromatic heterocycles. The third kappa shape index (κ3) is 1.79. The molecular weight excluding hydrogens is 218 g/mol. The number of fused-ring (bicyclic) bond motifs is 1. The molecule has 1 aliphatic heterocycles. The summed E-state index contributed by atoms with van der Waals surface area (Å²) in [5.41, 5.74) is 2.06. The average molecular weight is 233 g/mol. The van der Waals surface area contributed by atoms with E-state index in [1.165, 1.54) is 0 Å². The van der Waals surface area contributed by atoms with Crippen molar-refractivity contribution < 1.29 is 4.74 Å². The Morgan fingerprint density at radius 1 is 1.41 bits per heavy atom. The van der Waals surface area contributed by atoms with Crippen molar-refractivity contribution >= 4 is 5.78 Å². The van der Waals surface area contributed by atoms with E-state index in [-0.39, 0.29) is 6.04 Å². The van der Waals surface area contributed by atoms with Crippen LogP contribution in [-0.2, 0) is 4.74 Å². The van der Waals surface area contributed by atoms with E-state index in [9.17, 15) is 0 Å². The van der Waals surface area contributed by atoms with Crippen LogP contribution < -0.4 is 5.32 Å². The van der Waals surface area contributed by atoms with Gasteiger partial charge in [-0.2, -0.15) is 0 Å². The minimum Gasteiger partial charge on any atom is -0.378 e. The normalized spacial score (nSPS) is 20.9. The number of nitrogens with one attached hydrogen (secondary N) is 1. The molecule has 6 nitrogen and oxygen atoms in total. The number of morpholine rings is 1. The topological polar surface area (TPSA) is 64.3 Å². The van der Waals surface area contributed by atoms with Crippen molar-refractivity contribution in [1.82, 2.24) is 24.9 Å². The predicted octanol–water partition coefficient (Wildman–Crippen LogP) is 0.402. The first-order valence-corrected chi connectivity index (χ1v) is 5.76. The molecule has 3 rings (SSSR count). The summed E-state index contributed by atoms with van der Waals surface area (Å²) >= 11 is 0. The molecular formula is C11H15N5O. The molecule has 0 saturated carbocycles. The number of nitrogens with zero attached hydrogens (tertiary/aromatic N) is 4. The van der Waals surface area contributed by atoms with E-state index in [1.54, 1.807) is 0 Å². The standard InChI is InChI=1S/C11H15N5O/c1-7-5-8(2)16-10(14-15-11(16)13-7)9-6-17-4-3-12-9/h5,9,12H,3-4,6H2,1-2H3. The van der Waals surface area contributed by atoms with E-state index in [0.717, 1.165) is 30.4 Å². The van der Waals surface area contributed by atoms with Crippen LogP contribution in [0.5, 0.6) is 0 Å². The van der Waals surface area contributed by atoms with Crippen LogP contribution in [0.3, 0.4) is 0 Å². The number of rotatable bonds is 1. The SMILES string of the molecule is Cc1cc(C)n2c(C3COCCN3)nnc2n1. The zero-order valence-electron chi connectivity index (χ0n) is 9.97. The second kappa shape index (κ2) is 4.05. The van der Waals surface area contributed by atoms with Crippen LogP contribution in [0.15, 0.2) is 6.07 Å². The molecule has 0 aliphatic carbocycles. The fraction of sp³-hybridized carbons (Fsp3) is 0.545. The quantitative estimate of drug-likeness (QED) is 0.772. The van der Waals surface area contributed by atoms with Gasteiger partial charge in [0.15, 0.2) is 5.82 Å². The monoisotopic (exact) mass is 233 g/mol. The van der Waals surface area contributed by atoms with Gasteiger partial charge in [0, 0.05) is 17.9 Å². The molecule has 1 N–H and O–H groups in total. The summed E-state index contributed by atoms with van der Waals surface area (Å²) in [7, 11) is 0. The van der Waals surface area contributed by atoms with Gasteiger partial charge in [-0.3, -0.25) is 4.40 Å². The van der Waals surface area contributed by atoms with Gasteiger partial charge in [0.25, 0.3) is 5.78 Å². The maximum absolute atomic E-state index is 5.45. The van der Waals surface area contributed by atoms with Gasteiger partial charge in [0.2, 0.25) is 0 Å². The molecule has 0 bridgehead atoms. The number of aryl methyl sites for hydroxylation is 2. The van der Waals surface area contributed by atoms with Gasteiger partial charge < -0.3 is 10.1 Å². The molecule has 3 heterocycles. The lowest BCUT2D eigenvalue weighted by molar-refractivity contribution is 0.0738. The highest BCUT2D eigenvalue weighted by Crippen LogP contribution is 2.16. The van der Waals surface area contributed by atoms with Gasteiger partial charge in [-0.15, -0.1) is 10.2 Å². The third-order valence-electron chi connectivity index (χ3n) is 2.95. The van der Waals surface area contributed by atoms with Gasteiger partial charge in [0.1, 0.15) is 0 Å². The van der Waals surface area contributed by atoms with Crippen molar-refractivity contribution in [2.24, 2.45) is 0 Å². The molecule has 2 aromatic rings. The summed E-state index contributed by atoms with van der Waals surface area (Å²) in [5, 5.41) is 11.7. The van der Waals surface area contributed by atoms with Crippen LogP contribution in [-0.4, -0.2) is 39.3 Å². The number of hydrogen-bond acceptors (Lipinski definition) is 5. The molecule has 1 fully saturated rings. The first kappa shape index (κ1) is 10.6. The van der Waals surface area contributed by atoms with Crippen LogP contribution in [0.2, 0.25) is 0 Å². The van der Waals surface area contributed by atoms with E-state index in [1.807, 2.05) is 24.3 Å². The lowest BCUT2D eigenvalue weighted by atomic mass is 10.2. The number of aromatic nitrogens is 4. The van der Waals surface area contributed by atoms with Crippen molar-refractivity contribution in [2.45, 2.75) is 19.9 Å². The predicted molar refractivity (Wildman–Crippen MR) is 61.8 cm³/mol. The summed E-state index contributed by atoms with van der Waals surface area (Å²) in [6, 6.07) is 2.13. The summed E-state index contributed by atoms with van der Waals surface area (Å²) in [5.74, 6) is 1.54. The maximum Gasteiger partial charge on any atom is 0.255 e. The Bertz CT molecular complexity index is 544. The molecule has 0 spiro atoms. The van der Waals surface area contributed by atoms with Gasteiger partial charge in [-0.05, 0) is 19.9 Å². The lowest BCUT2D eigenvalue weighted by Crippen LogP contribution is -2.35. The number of hydrogen-bond donors (Lipinski definition) is 1. The Hall–Kier alpha value is -1.53. The van der Waals surface area contributed by atoms with E-state index >= 15 is 0 Å². The zero-order valence-corrected chi connectivity index (χ0v) is 9.97. The largest absolute Gasteiger partial charge is 0.378 e. The lowest BCUT2D eigenvalue weighted by Gasteiger charge is -2.22. The van der Waals surface area contributed by atoms with Gasteiger partial charge >= 0.3 is 0 Å². The first-order valence-electron chi connectivity index (χ1n) is 5.76. The van der Waals surface area contributed by atoms with Gasteiger partial charge in [-0.25, -0.2) is 4.98 Å². The van der Waals surface area contributed by atoms with Crippen molar-refractivity contribution in [3.63, 3.8) is 0 Å². The van der Waals surface area contributed by atoms with Crippen LogP contribution in [0.25, 0.3) is 5.78 Å². The van der Waals surface area contributed by atoms with E-state index in [2.05, 4.69) is 20.5 Å². The zero-order chi connectivity index (χ0) is 11.8. The van der Waals surface area contributed by atoms with Crippen LogP contribution in [0, 0.1) is 13.8 Å². The van der Waals surface area contributed by atoms with E-state index in [0.29, 0.717) is 12.4 Å². The molecule has 1 saturated heterocycles. The molecule has 1 aliphatic rings. The smallest absolute Gasteiger partial charge is 0.255 e. The van der Waals surface area contributed by atoms with Crippen molar-refractivity contribution in [3.05, 3.63) is 23.3 Å².